The number of Topliss-reactive ketones (excluding diaryl/α,β-unsaturated/α-hetero) is 1. The largest absolute Gasteiger partial charge is 0.293 e. The third-order valence-corrected chi connectivity index (χ3v) is 3.73. The molecule has 0 fully saturated rings. The first kappa shape index (κ1) is 14.3. The molecule has 22 heavy (non-hydrogen) atoms. The molecule has 0 saturated carbocycles. The number of benzene rings is 1. The zero-order valence-electron chi connectivity index (χ0n) is 12.4. The lowest BCUT2D eigenvalue weighted by Crippen LogP contribution is -2.00. The lowest BCUT2D eigenvalue weighted by atomic mass is 10.0. The number of ketones is 1. The molecule has 3 rings (SSSR count). The molecular weight excluding hydrogens is 279 g/mol. The minimum absolute atomic E-state index is 0.153. The van der Waals surface area contributed by atoms with Crippen LogP contribution in [0.1, 0.15) is 34.1 Å². The normalized spacial score (nSPS) is 10.9. The Hall–Kier alpha value is -2.62. The molecule has 0 saturated heterocycles. The topological polar surface area (TPSA) is 42.9 Å². The van der Waals surface area contributed by atoms with Crippen molar-refractivity contribution in [2.45, 2.75) is 20.3 Å². The van der Waals surface area contributed by atoms with Gasteiger partial charge in [0.1, 0.15) is 11.5 Å². The van der Waals surface area contributed by atoms with Gasteiger partial charge in [-0.25, -0.2) is 9.37 Å². The Morgan fingerprint density at radius 3 is 2.77 bits per heavy atom. The zero-order chi connectivity index (χ0) is 15.7. The highest BCUT2D eigenvalue weighted by Gasteiger charge is 2.10. The Kier molecular flexibility index (Phi) is 3.67. The van der Waals surface area contributed by atoms with Crippen molar-refractivity contribution in [3.05, 3.63) is 70.9 Å². The summed E-state index contributed by atoms with van der Waals surface area (Å²) in [6, 6.07) is 8.57. The van der Waals surface area contributed by atoms with Crippen LogP contribution in [0.3, 0.4) is 0 Å². The summed E-state index contributed by atoms with van der Waals surface area (Å²) in [7, 11) is 0. The van der Waals surface area contributed by atoms with Gasteiger partial charge in [0.05, 0.1) is 5.52 Å². The van der Waals surface area contributed by atoms with Gasteiger partial charge < -0.3 is 0 Å². The summed E-state index contributed by atoms with van der Waals surface area (Å²) in [5.41, 5.74) is 3.94. The van der Waals surface area contributed by atoms with E-state index in [-0.39, 0.29) is 11.5 Å². The van der Waals surface area contributed by atoms with Crippen molar-refractivity contribution >= 4 is 16.7 Å². The Morgan fingerprint density at radius 1 is 1.23 bits per heavy atom. The number of carbonyl (C=O) groups excluding carboxylic acids is 1. The van der Waals surface area contributed by atoms with Crippen LogP contribution < -0.4 is 0 Å². The first-order chi connectivity index (χ1) is 10.5. The van der Waals surface area contributed by atoms with Crippen LogP contribution in [-0.4, -0.2) is 15.8 Å². The Labute approximate surface area is 127 Å². The summed E-state index contributed by atoms with van der Waals surface area (Å²) >= 11 is 0. The highest BCUT2D eigenvalue weighted by Crippen LogP contribution is 2.21. The number of carbonyl (C=O) groups is 1. The Bertz CT molecular complexity index is 874. The second-order valence-corrected chi connectivity index (χ2v) is 5.38. The van der Waals surface area contributed by atoms with Gasteiger partial charge in [0.15, 0.2) is 5.78 Å². The maximum atomic E-state index is 14.0. The third kappa shape index (κ3) is 2.72. The van der Waals surface area contributed by atoms with Gasteiger partial charge >= 0.3 is 0 Å². The summed E-state index contributed by atoms with van der Waals surface area (Å²) in [5, 5.41) is 0.427. The van der Waals surface area contributed by atoms with E-state index < -0.39 is 5.82 Å². The SMILES string of the molecule is CC(=O)c1cc(F)c2ccc(Cc3cnccc3C)cc2n1. The molecule has 0 aliphatic rings. The molecule has 0 bridgehead atoms. The van der Waals surface area contributed by atoms with Crippen LogP contribution in [0.4, 0.5) is 4.39 Å². The number of halogens is 1. The minimum Gasteiger partial charge on any atom is -0.293 e. The summed E-state index contributed by atoms with van der Waals surface area (Å²) < 4.78 is 14.0. The molecule has 0 spiro atoms. The Morgan fingerprint density at radius 2 is 2.05 bits per heavy atom. The molecule has 0 aliphatic heterocycles. The number of hydrogen-bond donors (Lipinski definition) is 0. The fraction of sp³-hybridized carbons (Fsp3) is 0.167. The van der Waals surface area contributed by atoms with E-state index in [9.17, 15) is 9.18 Å². The molecule has 2 heterocycles. The summed E-state index contributed by atoms with van der Waals surface area (Å²) in [5.74, 6) is -0.659. The van der Waals surface area contributed by atoms with Crippen molar-refractivity contribution in [1.29, 1.82) is 0 Å². The van der Waals surface area contributed by atoms with Crippen LogP contribution in [0, 0.1) is 12.7 Å². The van der Waals surface area contributed by atoms with E-state index in [2.05, 4.69) is 9.97 Å². The average Bonchev–Trinajstić information content (AvgIpc) is 2.49. The van der Waals surface area contributed by atoms with Crippen molar-refractivity contribution in [2.24, 2.45) is 0 Å². The van der Waals surface area contributed by atoms with E-state index >= 15 is 0 Å². The first-order valence-electron chi connectivity index (χ1n) is 7.04. The first-order valence-corrected chi connectivity index (χ1v) is 7.04. The standard InChI is InChI=1S/C18H15FN2O/c1-11-5-6-20-10-14(11)7-13-3-4-15-16(19)9-17(12(2)22)21-18(15)8-13/h3-6,8-10H,7H2,1-2H3. The molecule has 0 amide bonds. The number of pyridine rings is 2. The second kappa shape index (κ2) is 5.64. The fourth-order valence-corrected chi connectivity index (χ4v) is 2.42. The van der Waals surface area contributed by atoms with Crippen molar-refractivity contribution in [1.82, 2.24) is 9.97 Å². The minimum atomic E-state index is -0.417. The maximum Gasteiger partial charge on any atom is 0.178 e. The van der Waals surface area contributed by atoms with Gasteiger partial charge in [-0.3, -0.25) is 9.78 Å². The fourth-order valence-electron chi connectivity index (χ4n) is 2.42. The lowest BCUT2D eigenvalue weighted by molar-refractivity contribution is 0.101. The monoisotopic (exact) mass is 294 g/mol. The molecular formula is C18H15FN2O. The van der Waals surface area contributed by atoms with Gasteiger partial charge in [0.25, 0.3) is 0 Å². The number of aromatic nitrogens is 2. The van der Waals surface area contributed by atoms with E-state index in [1.54, 1.807) is 12.3 Å². The smallest absolute Gasteiger partial charge is 0.178 e. The van der Waals surface area contributed by atoms with Crippen LogP contribution in [0.2, 0.25) is 0 Å². The summed E-state index contributed by atoms with van der Waals surface area (Å²) in [6.07, 6.45) is 4.29. The van der Waals surface area contributed by atoms with E-state index in [0.717, 1.165) is 16.7 Å². The summed E-state index contributed by atoms with van der Waals surface area (Å²) in [4.78, 5) is 19.8. The summed E-state index contributed by atoms with van der Waals surface area (Å²) in [6.45, 7) is 3.42. The van der Waals surface area contributed by atoms with Crippen LogP contribution in [0.5, 0.6) is 0 Å². The third-order valence-electron chi connectivity index (χ3n) is 3.73. The quantitative estimate of drug-likeness (QED) is 0.689. The average molecular weight is 294 g/mol. The lowest BCUT2D eigenvalue weighted by Gasteiger charge is -2.07. The molecule has 0 aliphatic carbocycles. The van der Waals surface area contributed by atoms with Gasteiger partial charge in [-0.2, -0.15) is 0 Å². The predicted octanol–water partition coefficient (Wildman–Crippen LogP) is 3.87. The van der Waals surface area contributed by atoms with Gasteiger partial charge in [0.2, 0.25) is 0 Å². The highest BCUT2D eigenvalue weighted by atomic mass is 19.1. The molecule has 0 N–H and O–H groups in total. The molecule has 0 radical (unpaired) electrons. The zero-order valence-corrected chi connectivity index (χ0v) is 12.4. The van der Waals surface area contributed by atoms with Gasteiger partial charge in [-0.15, -0.1) is 0 Å². The molecule has 3 nitrogen and oxygen atoms in total. The van der Waals surface area contributed by atoms with Crippen molar-refractivity contribution in [3.63, 3.8) is 0 Å². The van der Waals surface area contributed by atoms with Gasteiger partial charge in [0, 0.05) is 30.8 Å². The molecule has 3 aromatic rings. The van der Waals surface area contributed by atoms with Crippen LogP contribution in [-0.2, 0) is 6.42 Å². The van der Waals surface area contributed by atoms with E-state index in [1.807, 2.05) is 31.3 Å². The van der Waals surface area contributed by atoms with E-state index in [1.165, 1.54) is 13.0 Å². The van der Waals surface area contributed by atoms with Crippen molar-refractivity contribution in [2.75, 3.05) is 0 Å². The number of fused-ring (bicyclic) bond motifs is 1. The molecule has 110 valence electrons. The number of hydrogen-bond acceptors (Lipinski definition) is 3. The number of aryl methyl sites for hydroxylation is 1. The Balaban J connectivity index is 2.05. The van der Waals surface area contributed by atoms with Gasteiger partial charge in [-0.1, -0.05) is 6.07 Å². The molecule has 4 heteroatoms. The van der Waals surface area contributed by atoms with Crippen LogP contribution in [0.25, 0.3) is 10.9 Å². The van der Waals surface area contributed by atoms with E-state index in [4.69, 9.17) is 0 Å². The van der Waals surface area contributed by atoms with Crippen molar-refractivity contribution < 1.29 is 9.18 Å². The number of nitrogens with zero attached hydrogens (tertiary/aromatic N) is 2. The second-order valence-electron chi connectivity index (χ2n) is 5.38. The molecule has 1 aromatic carbocycles. The van der Waals surface area contributed by atoms with Crippen molar-refractivity contribution in [3.8, 4) is 0 Å². The molecule has 0 unspecified atom stereocenters. The molecule has 0 atom stereocenters. The van der Waals surface area contributed by atoms with Gasteiger partial charge in [-0.05, 0) is 48.2 Å². The number of rotatable bonds is 3. The van der Waals surface area contributed by atoms with Crippen LogP contribution >= 0.6 is 0 Å². The van der Waals surface area contributed by atoms with Crippen LogP contribution in [0.15, 0.2) is 42.7 Å². The van der Waals surface area contributed by atoms with E-state index in [0.29, 0.717) is 17.3 Å². The predicted molar refractivity (Wildman–Crippen MR) is 83.5 cm³/mol. The molecule has 2 aromatic heterocycles. The highest BCUT2D eigenvalue weighted by molar-refractivity contribution is 5.95. The maximum absolute atomic E-state index is 14.0.